The molecule has 0 aromatic heterocycles. The summed E-state index contributed by atoms with van der Waals surface area (Å²) in [5.74, 6) is 0.133. The van der Waals surface area contributed by atoms with Gasteiger partial charge in [-0.1, -0.05) is 0 Å². The maximum absolute atomic E-state index is 11.5. The number of rotatable bonds is 7. The second kappa shape index (κ2) is 6.92. The molecule has 10 heteroatoms. The molecule has 1 aromatic carbocycles. The zero-order chi connectivity index (χ0) is 17.0. The van der Waals surface area contributed by atoms with Gasteiger partial charge < -0.3 is 10.2 Å². The Morgan fingerprint density at radius 2 is 2.13 bits per heavy atom. The van der Waals surface area contributed by atoms with E-state index >= 15 is 0 Å². The predicted octanol–water partition coefficient (Wildman–Crippen LogP) is 0.667. The maximum Gasteiger partial charge on any atom is 0.293 e. The predicted molar refractivity (Wildman–Crippen MR) is 83.4 cm³/mol. The number of carbonyl (C=O) groups is 1. The van der Waals surface area contributed by atoms with E-state index in [0.717, 1.165) is 19.0 Å². The minimum Gasteiger partial charge on any atom is -0.379 e. The molecule has 23 heavy (non-hydrogen) atoms. The lowest BCUT2D eigenvalue weighted by molar-refractivity contribution is -0.384. The normalized spacial score (nSPS) is 15.0. The summed E-state index contributed by atoms with van der Waals surface area (Å²) in [7, 11) is -3.99. The van der Waals surface area contributed by atoms with Crippen molar-refractivity contribution in [3.05, 3.63) is 28.3 Å². The van der Waals surface area contributed by atoms with Gasteiger partial charge in [0.1, 0.15) is 5.69 Å². The summed E-state index contributed by atoms with van der Waals surface area (Å²) in [6, 6.07) is 3.47. The molecule has 0 spiro atoms. The average Bonchev–Trinajstić information content (AvgIpc) is 2.88. The molecule has 1 aromatic rings. The molecule has 1 fully saturated rings. The average molecular weight is 342 g/mol. The van der Waals surface area contributed by atoms with Gasteiger partial charge in [0.15, 0.2) is 0 Å². The summed E-state index contributed by atoms with van der Waals surface area (Å²) in [4.78, 5) is 23.3. The first-order valence-corrected chi connectivity index (χ1v) is 8.66. The number of hydrogen-bond acceptors (Lipinski definition) is 6. The Balaban J connectivity index is 1.99. The quantitative estimate of drug-likeness (QED) is 0.424. The van der Waals surface area contributed by atoms with Crippen LogP contribution in [0, 0.1) is 10.1 Å². The SMILES string of the molecule is NS(=O)(=O)c1ccc(NCCCN2CCCC2=O)c([N+](=O)[O-])c1. The number of primary sulfonamides is 1. The molecule has 1 heterocycles. The van der Waals surface area contributed by atoms with E-state index in [1.165, 1.54) is 12.1 Å². The van der Waals surface area contributed by atoms with Crippen molar-refractivity contribution in [3.63, 3.8) is 0 Å². The maximum atomic E-state index is 11.5. The first-order valence-electron chi connectivity index (χ1n) is 7.12. The fourth-order valence-electron chi connectivity index (χ4n) is 2.42. The van der Waals surface area contributed by atoms with Gasteiger partial charge in [-0.05, 0) is 25.0 Å². The highest BCUT2D eigenvalue weighted by molar-refractivity contribution is 7.89. The molecular formula is C13H18N4O5S. The fraction of sp³-hybridized carbons (Fsp3) is 0.462. The topological polar surface area (TPSA) is 136 Å². The van der Waals surface area contributed by atoms with Gasteiger partial charge in [0.25, 0.3) is 5.69 Å². The molecule has 0 bridgehead atoms. The molecular weight excluding hydrogens is 324 g/mol. The fourth-order valence-corrected chi connectivity index (χ4v) is 2.96. The first-order chi connectivity index (χ1) is 10.8. The van der Waals surface area contributed by atoms with Crippen LogP contribution in [0.1, 0.15) is 19.3 Å². The zero-order valence-corrected chi connectivity index (χ0v) is 13.2. The van der Waals surface area contributed by atoms with Crippen LogP contribution in [0.2, 0.25) is 0 Å². The van der Waals surface area contributed by atoms with Gasteiger partial charge in [0.05, 0.1) is 9.82 Å². The van der Waals surface area contributed by atoms with Crippen molar-refractivity contribution in [1.29, 1.82) is 0 Å². The van der Waals surface area contributed by atoms with E-state index in [-0.39, 0.29) is 22.2 Å². The zero-order valence-electron chi connectivity index (χ0n) is 12.4. The molecule has 0 saturated carbocycles. The Labute approximate surface area is 133 Å². The lowest BCUT2D eigenvalue weighted by Crippen LogP contribution is -2.27. The van der Waals surface area contributed by atoms with Crippen LogP contribution < -0.4 is 10.5 Å². The lowest BCUT2D eigenvalue weighted by atomic mass is 10.2. The van der Waals surface area contributed by atoms with Gasteiger partial charge in [0, 0.05) is 32.1 Å². The van der Waals surface area contributed by atoms with Crippen molar-refractivity contribution in [3.8, 4) is 0 Å². The molecule has 1 aliphatic rings. The van der Waals surface area contributed by atoms with Crippen LogP contribution in [0.3, 0.4) is 0 Å². The Morgan fingerprint density at radius 3 is 2.70 bits per heavy atom. The number of nitrogens with two attached hydrogens (primary N) is 1. The van der Waals surface area contributed by atoms with Crippen molar-refractivity contribution in [2.45, 2.75) is 24.2 Å². The number of likely N-dealkylation sites (tertiary alicyclic amines) is 1. The van der Waals surface area contributed by atoms with Gasteiger partial charge in [-0.2, -0.15) is 0 Å². The number of carbonyl (C=O) groups excluding carboxylic acids is 1. The Bertz CT molecular complexity index is 719. The number of benzene rings is 1. The highest BCUT2D eigenvalue weighted by Crippen LogP contribution is 2.27. The molecule has 0 unspecified atom stereocenters. The molecule has 126 valence electrons. The van der Waals surface area contributed by atoms with E-state index in [4.69, 9.17) is 5.14 Å². The monoisotopic (exact) mass is 342 g/mol. The number of hydrogen-bond donors (Lipinski definition) is 2. The Hall–Kier alpha value is -2.20. The summed E-state index contributed by atoms with van der Waals surface area (Å²) >= 11 is 0. The molecule has 0 radical (unpaired) electrons. The second-order valence-corrected chi connectivity index (χ2v) is 6.81. The van der Waals surface area contributed by atoms with E-state index in [9.17, 15) is 23.3 Å². The van der Waals surface area contributed by atoms with E-state index in [1.807, 2.05) is 0 Å². The number of nitro groups is 1. The van der Waals surface area contributed by atoms with E-state index in [2.05, 4.69) is 5.32 Å². The highest BCUT2D eigenvalue weighted by atomic mass is 32.2. The number of nitrogens with one attached hydrogen (secondary N) is 1. The van der Waals surface area contributed by atoms with Crippen LogP contribution in [0.5, 0.6) is 0 Å². The van der Waals surface area contributed by atoms with Crippen molar-refractivity contribution in [2.24, 2.45) is 5.14 Å². The Kier molecular flexibility index (Phi) is 5.16. The smallest absolute Gasteiger partial charge is 0.293 e. The molecule has 1 aliphatic heterocycles. The molecule has 0 aliphatic carbocycles. The van der Waals surface area contributed by atoms with Crippen LogP contribution >= 0.6 is 0 Å². The summed E-state index contributed by atoms with van der Waals surface area (Å²) in [6.45, 7) is 1.77. The van der Waals surface area contributed by atoms with Crippen LogP contribution in [-0.4, -0.2) is 43.8 Å². The number of nitrogens with zero attached hydrogens (tertiary/aromatic N) is 2. The summed E-state index contributed by atoms with van der Waals surface area (Å²) in [6.07, 6.45) is 2.08. The number of nitro benzene ring substituents is 1. The van der Waals surface area contributed by atoms with Gasteiger partial charge in [-0.25, -0.2) is 13.6 Å². The van der Waals surface area contributed by atoms with E-state index in [0.29, 0.717) is 25.9 Å². The van der Waals surface area contributed by atoms with Crippen molar-refractivity contribution < 1.29 is 18.1 Å². The summed E-state index contributed by atoms with van der Waals surface area (Å²) in [5.41, 5.74) is -0.135. The molecule has 3 N–H and O–H groups in total. The van der Waals surface area contributed by atoms with Gasteiger partial charge in [-0.15, -0.1) is 0 Å². The first kappa shape index (κ1) is 17.2. The summed E-state index contributed by atoms with van der Waals surface area (Å²) < 4.78 is 22.5. The van der Waals surface area contributed by atoms with Gasteiger partial charge in [-0.3, -0.25) is 14.9 Å². The lowest BCUT2D eigenvalue weighted by Gasteiger charge is -2.15. The molecule has 1 amide bonds. The van der Waals surface area contributed by atoms with Crippen molar-refractivity contribution in [2.75, 3.05) is 25.0 Å². The molecule has 9 nitrogen and oxygen atoms in total. The van der Waals surface area contributed by atoms with E-state index < -0.39 is 14.9 Å². The van der Waals surface area contributed by atoms with Crippen LogP contribution in [0.25, 0.3) is 0 Å². The largest absolute Gasteiger partial charge is 0.379 e. The number of amides is 1. The van der Waals surface area contributed by atoms with Gasteiger partial charge >= 0.3 is 0 Å². The van der Waals surface area contributed by atoms with Crippen LogP contribution in [0.15, 0.2) is 23.1 Å². The third-order valence-electron chi connectivity index (χ3n) is 3.59. The third kappa shape index (κ3) is 4.39. The van der Waals surface area contributed by atoms with Crippen molar-refractivity contribution >= 4 is 27.3 Å². The number of anilines is 1. The van der Waals surface area contributed by atoms with E-state index in [1.54, 1.807) is 4.90 Å². The van der Waals surface area contributed by atoms with Crippen LogP contribution in [-0.2, 0) is 14.8 Å². The minimum atomic E-state index is -3.99. The second-order valence-electron chi connectivity index (χ2n) is 5.25. The molecule has 2 rings (SSSR count). The minimum absolute atomic E-state index is 0.133. The van der Waals surface area contributed by atoms with Crippen LogP contribution in [0.4, 0.5) is 11.4 Å². The third-order valence-corrected chi connectivity index (χ3v) is 4.50. The highest BCUT2D eigenvalue weighted by Gasteiger charge is 2.20. The standard InChI is InChI=1S/C13H18N4O5S/c14-23(21,22)10-4-5-11(12(9-10)17(19)20)15-6-2-8-16-7-1-3-13(16)18/h4-5,9,15H,1-3,6-8H2,(H2,14,21,22). The number of sulfonamides is 1. The Morgan fingerprint density at radius 1 is 1.39 bits per heavy atom. The molecule has 1 saturated heterocycles. The van der Waals surface area contributed by atoms with Crippen molar-refractivity contribution in [1.82, 2.24) is 4.90 Å². The van der Waals surface area contributed by atoms with Gasteiger partial charge in [0.2, 0.25) is 15.9 Å². The summed E-state index contributed by atoms with van der Waals surface area (Å²) in [5, 5.41) is 18.9. The molecule has 0 atom stereocenters.